The van der Waals surface area contributed by atoms with E-state index in [-0.39, 0.29) is 0 Å². The topological polar surface area (TPSA) is 21.3 Å². The summed E-state index contributed by atoms with van der Waals surface area (Å²) >= 11 is 0. The van der Waals surface area contributed by atoms with Crippen LogP contribution in [0.1, 0.15) is 38.2 Å². The highest BCUT2D eigenvalue weighted by Gasteiger charge is 2.21. The second-order valence-electron chi connectivity index (χ2n) is 5.16. The molecule has 2 heteroatoms. The molecule has 1 aromatic carbocycles. The molecule has 0 aliphatic heterocycles. The van der Waals surface area contributed by atoms with Gasteiger partial charge in [-0.3, -0.25) is 0 Å². The number of ether oxygens (including phenoxy) is 1. The van der Waals surface area contributed by atoms with Crippen molar-refractivity contribution in [2.45, 2.75) is 45.6 Å². The number of nitrogens with one attached hydrogen (secondary N) is 1. The van der Waals surface area contributed by atoms with Gasteiger partial charge in [-0.1, -0.05) is 12.8 Å². The highest BCUT2D eigenvalue weighted by atomic mass is 16.5. The van der Waals surface area contributed by atoms with Crippen molar-refractivity contribution >= 4 is 5.69 Å². The molecule has 0 heterocycles. The Morgan fingerprint density at radius 1 is 1.29 bits per heavy atom. The zero-order chi connectivity index (χ0) is 12.3. The first kappa shape index (κ1) is 12.3. The second-order valence-corrected chi connectivity index (χ2v) is 5.16. The maximum Gasteiger partial charge on any atom is 0.121 e. The fourth-order valence-electron chi connectivity index (χ4n) is 2.81. The molecule has 0 aromatic heterocycles. The van der Waals surface area contributed by atoms with Crippen molar-refractivity contribution in [3.63, 3.8) is 0 Å². The summed E-state index contributed by atoms with van der Waals surface area (Å²) in [7, 11) is 1.72. The lowest BCUT2D eigenvalue weighted by atomic mass is 9.99. The SMILES string of the molecule is COc1ccc(NC(C)C2CCCC2)cc1C. The molecule has 2 rings (SSSR count). The van der Waals surface area contributed by atoms with Crippen LogP contribution in [0, 0.1) is 12.8 Å². The van der Waals surface area contributed by atoms with E-state index in [1.807, 2.05) is 6.07 Å². The van der Waals surface area contributed by atoms with Crippen molar-refractivity contribution in [3.8, 4) is 5.75 Å². The molecule has 1 aliphatic rings. The highest BCUT2D eigenvalue weighted by Crippen LogP contribution is 2.30. The van der Waals surface area contributed by atoms with Gasteiger partial charge in [0, 0.05) is 11.7 Å². The lowest BCUT2D eigenvalue weighted by Crippen LogP contribution is -2.23. The molecule has 2 nitrogen and oxygen atoms in total. The summed E-state index contributed by atoms with van der Waals surface area (Å²) in [5.74, 6) is 1.81. The van der Waals surface area contributed by atoms with Crippen molar-refractivity contribution in [1.29, 1.82) is 0 Å². The summed E-state index contributed by atoms with van der Waals surface area (Å²) in [6, 6.07) is 6.89. The Kier molecular flexibility index (Phi) is 3.93. The Morgan fingerprint density at radius 3 is 2.59 bits per heavy atom. The maximum atomic E-state index is 5.28. The molecule has 94 valence electrons. The lowest BCUT2D eigenvalue weighted by molar-refractivity contribution is 0.411. The van der Waals surface area contributed by atoms with Gasteiger partial charge in [0.25, 0.3) is 0 Å². The van der Waals surface area contributed by atoms with Crippen LogP contribution in [0.5, 0.6) is 5.75 Å². The molecule has 17 heavy (non-hydrogen) atoms. The van der Waals surface area contributed by atoms with Gasteiger partial charge in [-0.2, -0.15) is 0 Å². The zero-order valence-corrected chi connectivity index (χ0v) is 11.1. The van der Waals surface area contributed by atoms with Crippen LogP contribution in [-0.4, -0.2) is 13.2 Å². The van der Waals surface area contributed by atoms with Gasteiger partial charge in [0.1, 0.15) is 5.75 Å². The van der Waals surface area contributed by atoms with E-state index in [0.29, 0.717) is 6.04 Å². The molecule has 0 spiro atoms. The summed E-state index contributed by atoms with van der Waals surface area (Å²) < 4.78 is 5.28. The van der Waals surface area contributed by atoms with Crippen LogP contribution in [0.2, 0.25) is 0 Å². The third kappa shape index (κ3) is 2.93. The summed E-state index contributed by atoms with van der Waals surface area (Å²) in [5.41, 5.74) is 2.40. The molecule has 1 N–H and O–H groups in total. The summed E-state index contributed by atoms with van der Waals surface area (Å²) in [5, 5.41) is 3.62. The fourth-order valence-corrected chi connectivity index (χ4v) is 2.81. The van der Waals surface area contributed by atoms with Crippen LogP contribution >= 0.6 is 0 Å². The van der Waals surface area contributed by atoms with Crippen LogP contribution < -0.4 is 10.1 Å². The van der Waals surface area contributed by atoms with Gasteiger partial charge in [-0.15, -0.1) is 0 Å². The average molecular weight is 233 g/mol. The first-order chi connectivity index (χ1) is 8.20. The quantitative estimate of drug-likeness (QED) is 0.849. The van der Waals surface area contributed by atoms with Crippen molar-refractivity contribution in [2.75, 3.05) is 12.4 Å². The third-order valence-electron chi connectivity index (χ3n) is 3.90. The minimum Gasteiger partial charge on any atom is -0.496 e. The first-order valence-electron chi connectivity index (χ1n) is 6.62. The van der Waals surface area contributed by atoms with E-state index < -0.39 is 0 Å². The predicted octanol–water partition coefficient (Wildman–Crippen LogP) is 3.99. The lowest BCUT2D eigenvalue weighted by Gasteiger charge is -2.22. The van der Waals surface area contributed by atoms with Crippen molar-refractivity contribution in [2.24, 2.45) is 5.92 Å². The van der Waals surface area contributed by atoms with Crippen LogP contribution in [0.4, 0.5) is 5.69 Å². The Morgan fingerprint density at radius 2 is 2.00 bits per heavy atom. The number of methoxy groups -OCH3 is 1. The third-order valence-corrected chi connectivity index (χ3v) is 3.90. The number of anilines is 1. The molecule has 1 fully saturated rings. The standard InChI is InChI=1S/C15H23NO/c1-11-10-14(8-9-15(11)17-3)16-12(2)13-6-4-5-7-13/h8-10,12-13,16H,4-7H2,1-3H3. The summed E-state index contributed by atoms with van der Waals surface area (Å²) in [6.07, 6.45) is 5.56. The molecule has 1 aromatic rings. The van der Waals surface area contributed by atoms with Gasteiger partial charge in [0.05, 0.1) is 7.11 Å². The van der Waals surface area contributed by atoms with Gasteiger partial charge in [-0.25, -0.2) is 0 Å². The largest absolute Gasteiger partial charge is 0.496 e. The van der Waals surface area contributed by atoms with E-state index >= 15 is 0 Å². The monoisotopic (exact) mass is 233 g/mol. The number of hydrogen-bond donors (Lipinski definition) is 1. The van der Waals surface area contributed by atoms with Crippen LogP contribution in [-0.2, 0) is 0 Å². The Hall–Kier alpha value is -1.18. The van der Waals surface area contributed by atoms with Crippen molar-refractivity contribution in [3.05, 3.63) is 23.8 Å². The maximum absolute atomic E-state index is 5.28. The molecule has 0 saturated heterocycles. The summed E-state index contributed by atoms with van der Waals surface area (Å²) in [4.78, 5) is 0. The number of rotatable bonds is 4. The second kappa shape index (κ2) is 5.44. The van der Waals surface area contributed by atoms with E-state index in [1.165, 1.54) is 36.9 Å². The Bertz CT molecular complexity index is 369. The highest BCUT2D eigenvalue weighted by molar-refractivity contribution is 5.51. The number of hydrogen-bond acceptors (Lipinski definition) is 2. The molecule has 1 aliphatic carbocycles. The van der Waals surface area contributed by atoms with E-state index in [2.05, 4.69) is 31.3 Å². The zero-order valence-electron chi connectivity index (χ0n) is 11.1. The molecular weight excluding hydrogens is 210 g/mol. The van der Waals surface area contributed by atoms with E-state index in [1.54, 1.807) is 7.11 Å². The van der Waals surface area contributed by atoms with Gasteiger partial charge in [0.15, 0.2) is 0 Å². The van der Waals surface area contributed by atoms with E-state index in [4.69, 9.17) is 4.74 Å². The van der Waals surface area contributed by atoms with E-state index in [0.717, 1.165) is 11.7 Å². The molecule has 0 bridgehead atoms. The molecule has 0 radical (unpaired) electrons. The molecule has 1 unspecified atom stereocenters. The molecule has 1 atom stereocenters. The molecule has 0 amide bonds. The predicted molar refractivity (Wildman–Crippen MR) is 72.8 cm³/mol. The van der Waals surface area contributed by atoms with E-state index in [9.17, 15) is 0 Å². The number of aryl methyl sites for hydroxylation is 1. The van der Waals surface area contributed by atoms with Crippen LogP contribution in [0.3, 0.4) is 0 Å². The summed E-state index contributed by atoms with van der Waals surface area (Å²) in [6.45, 7) is 4.39. The van der Waals surface area contributed by atoms with Crippen molar-refractivity contribution in [1.82, 2.24) is 0 Å². The molecular formula is C15H23NO. The number of benzene rings is 1. The first-order valence-corrected chi connectivity index (χ1v) is 6.62. The van der Waals surface area contributed by atoms with Gasteiger partial charge < -0.3 is 10.1 Å². The van der Waals surface area contributed by atoms with Crippen LogP contribution in [0.25, 0.3) is 0 Å². The average Bonchev–Trinajstić information content (AvgIpc) is 2.82. The van der Waals surface area contributed by atoms with Crippen LogP contribution in [0.15, 0.2) is 18.2 Å². The Balaban J connectivity index is 2.00. The minimum atomic E-state index is 0.574. The van der Waals surface area contributed by atoms with Gasteiger partial charge in [-0.05, 0) is 56.4 Å². The van der Waals surface area contributed by atoms with Crippen molar-refractivity contribution < 1.29 is 4.74 Å². The smallest absolute Gasteiger partial charge is 0.121 e. The molecule has 1 saturated carbocycles. The fraction of sp³-hybridized carbons (Fsp3) is 0.600. The van der Waals surface area contributed by atoms with Gasteiger partial charge >= 0.3 is 0 Å². The normalized spacial score (nSPS) is 18.1. The van der Waals surface area contributed by atoms with Gasteiger partial charge in [0.2, 0.25) is 0 Å². The Labute approximate surface area is 104 Å². The minimum absolute atomic E-state index is 0.574.